The summed E-state index contributed by atoms with van der Waals surface area (Å²) in [6, 6.07) is 12.5. The molecule has 3 heterocycles. The van der Waals surface area contributed by atoms with E-state index >= 15 is 0 Å². The fourth-order valence-corrected chi connectivity index (χ4v) is 5.33. The van der Waals surface area contributed by atoms with Crippen LogP contribution in [0.15, 0.2) is 51.4 Å². The second-order valence-corrected chi connectivity index (χ2v) is 8.49. The maximum atomic E-state index is 10.5. The van der Waals surface area contributed by atoms with E-state index in [0.717, 1.165) is 12.0 Å². The predicted octanol–water partition coefficient (Wildman–Crippen LogP) is -0.272. The number of nitrogens with zero attached hydrogens (tertiary/aromatic N) is 4. The smallest absolute Gasteiger partial charge is 0.163 e. The largest absolute Gasteiger partial charge is 0.394 e. The van der Waals surface area contributed by atoms with Crippen LogP contribution in [0.5, 0.6) is 0 Å². The van der Waals surface area contributed by atoms with Gasteiger partial charge < -0.3 is 30.7 Å². The first-order chi connectivity index (χ1) is 15.0. The maximum Gasteiger partial charge on any atom is 0.163 e. The number of benzene rings is 2. The number of aliphatic hydroxyl groups excluding tert-OH is 3. The van der Waals surface area contributed by atoms with E-state index < -0.39 is 36.8 Å². The summed E-state index contributed by atoms with van der Waals surface area (Å²) >= 11 is 0. The Morgan fingerprint density at radius 2 is 1.97 bits per heavy atom. The summed E-state index contributed by atoms with van der Waals surface area (Å²) < 4.78 is 5.70. The number of rotatable bonds is 3. The number of fused-ring (bicyclic) bond motifs is 1. The molecule has 0 radical (unpaired) electrons. The number of hydrogen-bond acceptors (Lipinski definition) is 9. The molecule has 1 fully saturated rings. The Balaban J connectivity index is 1.35. The molecule has 2 aromatic rings. The van der Waals surface area contributed by atoms with Crippen LogP contribution in [0.2, 0.25) is 0 Å². The highest BCUT2D eigenvalue weighted by atomic mass is 16.6. The Kier molecular flexibility index (Phi) is 4.08. The number of amidine groups is 1. The standard InChI is InChI=1S/C22H23N5O4/c23-22(14-7-12-5-1-3-11-4-2-6-13(14)16(11)12)19-20(24-9-26-22)27(10-25-19)21-18(30)17(29)15(8-28)31-21/h1-6,9,14-15,17-18,21,28-30H,7-8,10,23H2/t14?,15-,17-,18-,21-,22?/m1/s1. The lowest BCUT2D eigenvalue weighted by Crippen LogP contribution is -2.58. The third-order valence-electron chi connectivity index (χ3n) is 6.87. The van der Waals surface area contributed by atoms with E-state index in [4.69, 9.17) is 10.5 Å². The van der Waals surface area contributed by atoms with Gasteiger partial charge in [-0.2, -0.15) is 0 Å². The molecule has 0 bridgehead atoms. The molecule has 5 N–H and O–H groups in total. The van der Waals surface area contributed by atoms with Crippen LogP contribution in [0.1, 0.15) is 17.0 Å². The van der Waals surface area contributed by atoms with Crippen LogP contribution < -0.4 is 5.73 Å². The van der Waals surface area contributed by atoms with Crippen LogP contribution in [0.3, 0.4) is 0 Å². The van der Waals surface area contributed by atoms with E-state index in [2.05, 4.69) is 45.3 Å². The minimum atomic E-state index is -1.20. The molecule has 9 nitrogen and oxygen atoms in total. The number of aliphatic hydroxyl groups is 3. The van der Waals surface area contributed by atoms with Crippen LogP contribution >= 0.6 is 0 Å². The van der Waals surface area contributed by atoms with Gasteiger partial charge in [0.2, 0.25) is 0 Å². The van der Waals surface area contributed by atoms with Crippen LogP contribution in [0.25, 0.3) is 10.8 Å². The molecule has 1 aliphatic carbocycles. The van der Waals surface area contributed by atoms with Crippen molar-refractivity contribution >= 4 is 28.7 Å². The SMILES string of the molecule is NC1(C2Cc3cccc4cccc2c34)N=CN=C2C1=NCN2[C@@H]1O[C@H](CO)[C@@H](O)[C@H]1O. The van der Waals surface area contributed by atoms with Crippen LogP contribution in [0, 0.1) is 0 Å². The minimum Gasteiger partial charge on any atom is -0.394 e. The molecule has 0 amide bonds. The number of aliphatic imine (C=N–C) groups is 3. The van der Waals surface area contributed by atoms with Crippen LogP contribution in [-0.2, 0) is 11.2 Å². The van der Waals surface area contributed by atoms with Crippen LogP contribution in [-0.4, -0.2) is 81.6 Å². The van der Waals surface area contributed by atoms with Gasteiger partial charge in [-0.3, -0.25) is 4.99 Å². The Morgan fingerprint density at radius 1 is 1.16 bits per heavy atom. The molecule has 1 saturated heterocycles. The average molecular weight is 421 g/mol. The second kappa shape index (κ2) is 6.65. The highest BCUT2D eigenvalue weighted by molar-refractivity contribution is 6.47. The third-order valence-corrected chi connectivity index (χ3v) is 6.87. The van der Waals surface area contributed by atoms with Crippen molar-refractivity contribution in [2.45, 2.75) is 42.5 Å². The Labute approximate surface area is 178 Å². The van der Waals surface area contributed by atoms with Gasteiger partial charge in [0.1, 0.15) is 37.0 Å². The third kappa shape index (κ3) is 2.52. The number of nitrogens with two attached hydrogens (primary N) is 1. The zero-order chi connectivity index (χ0) is 21.3. The monoisotopic (exact) mass is 421 g/mol. The van der Waals surface area contributed by atoms with Crippen molar-refractivity contribution < 1.29 is 20.1 Å². The summed E-state index contributed by atoms with van der Waals surface area (Å²) in [5.41, 5.74) is 8.76. The normalized spacial score (nSPS) is 36.1. The minimum absolute atomic E-state index is 0.112. The zero-order valence-electron chi connectivity index (χ0n) is 16.7. The lowest BCUT2D eigenvalue weighted by Gasteiger charge is -2.36. The van der Waals surface area contributed by atoms with E-state index in [0.29, 0.717) is 11.5 Å². The summed E-state index contributed by atoms with van der Waals surface area (Å²) in [7, 11) is 0. The van der Waals surface area contributed by atoms with Gasteiger partial charge in [0, 0.05) is 5.92 Å². The maximum absolute atomic E-state index is 10.5. The molecule has 4 aliphatic rings. The van der Waals surface area contributed by atoms with Gasteiger partial charge in [-0.05, 0) is 28.3 Å². The molecule has 6 atom stereocenters. The molecule has 0 aromatic heterocycles. The summed E-state index contributed by atoms with van der Waals surface area (Å²) in [5, 5.41) is 32.4. The number of ether oxygens (including phenoxy) is 1. The molecule has 31 heavy (non-hydrogen) atoms. The summed E-state index contributed by atoms with van der Waals surface area (Å²) in [4.78, 5) is 15.3. The first kappa shape index (κ1) is 19.0. The quantitative estimate of drug-likeness (QED) is 0.539. The average Bonchev–Trinajstić information content (AvgIpc) is 3.46. The van der Waals surface area contributed by atoms with E-state index in [1.807, 2.05) is 6.07 Å². The molecule has 6 rings (SSSR count). The van der Waals surface area contributed by atoms with Gasteiger partial charge in [-0.1, -0.05) is 36.4 Å². The summed E-state index contributed by atoms with van der Waals surface area (Å²) in [6.07, 6.45) is -1.97. The van der Waals surface area contributed by atoms with Gasteiger partial charge in [0.25, 0.3) is 0 Å². The van der Waals surface area contributed by atoms with Crippen LogP contribution in [0.4, 0.5) is 0 Å². The van der Waals surface area contributed by atoms with E-state index in [9.17, 15) is 15.3 Å². The first-order valence-electron chi connectivity index (χ1n) is 10.4. The van der Waals surface area contributed by atoms with Gasteiger partial charge in [-0.15, -0.1) is 0 Å². The van der Waals surface area contributed by atoms with Gasteiger partial charge in [-0.25, -0.2) is 9.98 Å². The molecular formula is C22H23N5O4. The van der Waals surface area contributed by atoms with Crippen molar-refractivity contribution in [3.63, 3.8) is 0 Å². The fraction of sp³-hybridized carbons (Fsp3) is 0.409. The van der Waals surface area contributed by atoms with Gasteiger partial charge in [0.15, 0.2) is 17.7 Å². The van der Waals surface area contributed by atoms with E-state index in [1.54, 1.807) is 4.90 Å². The zero-order valence-corrected chi connectivity index (χ0v) is 16.7. The second-order valence-electron chi connectivity index (χ2n) is 8.49. The van der Waals surface area contributed by atoms with Crippen molar-refractivity contribution in [1.82, 2.24) is 4.90 Å². The molecule has 160 valence electrons. The lowest BCUT2D eigenvalue weighted by molar-refractivity contribution is -0.0688. The summed E-state index contributed by atoms with van der Waals surface area (Å²) in [5.74, 6) is 0.370. The molecule has 2 unspecified atom stereocenters. The topological polar surface area (TPSA) is 136 Å². The van der Waals surface area contributed by atoms with Crippen molar-refractivity contribution in [2.75, 3.05) is 13.3 Å². The Morgan fingerprint density at radius 3 is 2.74 bits per heavy atom. The predicted molar refractivity (Wildman–Crippen MR) is 115 cm³/mol. The lowest BCUT2D eigenvalue weighted by atomic mass is 9.83. The van der Waals surface area contributed by atoms with Crippen molar-refractivity contribution in [2.24, 2.45) is 20.7 Å². The van der Waals surface area contributed by atoms with Crippen molar-refractivity contribution in [3.8, 4) is 0 Å². The molecule has 9 heteroatoms. The summed E-state index contributed by atoms with van der Waals surface area (Å²) in [6.45, 7) is -0.220. The number of hydrogen-bond donors (Lipinski definition) is 4. The molecule has 2 aromatic carbocycles. The Hall–Kier alpha value is -2.69. The molecule has 0 spiro atoms. The highest BCUT2D eigenvalue weighted by Crippen LogP contribution is 2.45. The Bertz CT molecular complexity index is 1160. The first-order valence-corrected chi connectivity index (χ1v) is 10.4. The fourth-order valence-electron chi connectivity index (χ4n) is 5.33. The van der Waals surface area contributed by atoms with Gasteiger partial charge >= 0.3 is 0 Å². The van der Waals surface area contributed by atoms with E-state index in [-0.39, 0.29) is 12.6 Å². The van der Waals surface area contributed by atoms with Crippen molar-refractivity contribution in [1.29, 1.82) is 0 Å². The van der Waals surface area contributed by atoms with Crippen molar-refractivity contribution in [3.05, 3.63) is 47.5 Å². The van der Waals surface area contributed by atoms with E-state index in [1.165, 1.54) is 22.7 Å². The molecule has 3 aliphatic heterocycles. The molecular weight excluding hydrogens is 398 g/mol. The van der Waals surface area contributed by atoms with Gasteiger partial charge in [0.05, 0.1) is 6.61 Å². The molecule has 0 saturated carbocycles. The highest BCUT2D eigenvalue weighted by Gasteiger charge is 2.53.